The molecule has 128 valence electrons. The van der Waals surface area contributed by atoms with Gasteiger partial charge in [-0.2, -0.15) is 5.10 Å². The lowest BCUT2D eigenvalue weighted by Gasteiger charge is -2.04. The van der Waals surface area contributed by atoms with Crippen LogP contribution in [-0.2, 0) is 0 Å². The molecular formula is C19H15N5OS. The van der Waals surface area contributed by atoms with Crippen LogP contribution in [0, 0.1) is 6.92 Å². The summed E-state index contributed by atoms with van der Waals surface area (Å²) < 4.78 is 1.64. The van der Waals surface area contributed by atoms with Gasteiger partial charge in [-0.15, -0.1) is 11.3 Å². The first kappa shape index (κ1) is 16.2. The molecule has 0 unspecified atom stereocenters. The number of aromatic nitrogens is 4. The van der Waals surface area contributed by atoms with Crippen LogP contribution in [0.3, 0.4) is 0 Å². The summed E-state index contributed by atoms with van der Waals surface area (Å²) in [5.74, 6) is -0.194. The molecule has 4 rings (SSSR count). The molecule has 2 heterocycles. The number of anilines is 1. The van der Waals surface area contributed by atoms with Crippen molar-refractivity contribution in [3.05, 3.63) is 77.7 Å². The fraction of sp³-hybridized carbons (Fsp3) is 0.0526. The molecule has 4 aromatic rings. The normalized spacial score (nSPS) is 10.7. The van der Waals surface area contributed by atoms with Crippen molar-refractivity contribution in [2.24, 2.45) is 0 Å². The Morgan fingerprint density at radius 3 is 2.54 bits per heavy atom. The number of hydrogen-bond donors (Lipinski definition) is 1. The van der Waals surface area contributed by atoms with Gasteiger partial charge in [0.15, 0.2) is 5.13 Å². The van der Waals surface area contributed by atoms with Crippen LogP contribution < -0.4 is 5.32 Å². The molecule has 7 heteroatoms. The number of nitrogens with zero attached hydrogens (tertiary/aromatic N) is 4. The molecule has 0 spiro atoms. The lowest BCUT2D eigenvalue weighted by molar-refractivity contribution is 0.102. The fourth-order valence-electron chi connectivity index (χ4n) is 2.46. The molecule has 2 aromatic carbocycles. The van der Waals surface area contributed by atoms with Gasteiger partial charge in [0, 0.05) is 16.5 Å². The Bertz CT molecular complexity index is 1020. The summed E-state index contributed by atoms with van der Waals surface area (Å²) in [6.07, 6.45) is 3.08. The first-order valence-electron chi connectivity index (χ1n) is 7.98. The summed E-state index contributed by atoms with van der Waals surface area (Å²) in [5, 5.41) is 9.42. The Hall–Kier alpha value is -3.32. The van der Waals surface area contributed by atoms with Gasteiger partial charge in [-0.05, 0) is 31.2 Å². The Morgan fingerprint density at radius 2 is 1.85 bits per heavy atom. The molecule has 0 radical (unpaired) electrons. The van der Waals surface area contributed by atoms with Gasteiger partial charge < -0.3 is 0 Å². The summed E-state index contributed by atoms with van der Waals surface area (Å²) in [4.78, 5) is 20.8. The SMILES string of the molecule is Cc1ccc(-c2csc(NC(=O)c3ccc(-n4cncn4)cc3)n2)cc1. The molecule has 0 aliphatic rings. The van der Waals surface area contributed by atoms with E-state index in [4.69, 9.17) is 0 Å². The largest absolute Gasteiger partial charge is 0.298 e. The average molecular weight is 361 g/mol. The number of rotatable bonds is 4. The minimum absolute atomic E-state index is 0.194. The van der Waals surface area contributed by atoms with Gasteiger partial charge in [0.05, 0.1) is 11.4 Å². The third-order valence-electron chi connectivity index (χ3n) is 3.88. The van der Waals surface area contributed by atoms with E-state index in [0.29, 0.717) is 10.7 Å². The topological polar surface area (TPSA) is 72.7 Å². The molecule has 0 bridgehead atoms. The summed E-state index contributed by atoms with van der Waals surface area (Å²) in [5.41, 5.74) is 4.49. The minimum Gasteiger partial charge on any atom is -0.298 e. The van der Waals surface area contributed by atoms with E-state index in [1.54, 1.807) is 23.1 Å². The van der Waals surface area contributed by atoms with Gasteiger partial charge in [0.1, 0.15) is 12.7 Å². The summed E-state index contributed by atoms with van der Waals surface area (Å²) in [6.45, 7) is 2.05. The van der Waals surface area contributed by atoms with Gasteiger partial charge in [-0.25, -0.2) is 14.6 Å². The molecule has 26 heavy (non-hydrogen) atoms. The van der Waals surface area contributed by atoms with Crippen LogP contribution in [0.4, 0.5) is 5.13 Å². The maximum atomic E-state index is 12.4. The second kappa shape index (κ2) is 6.89. The maximum absolute atomic E-state index is 12.4. The van der Waals surface area contributed by atoms with E-state index >= 15 is 0 Å². The van der Waals surface area contributed by atoms with Crippen molar-refractivity contribution in [3.63, 3.8) is 0 Å². The molecule has 6 nitrogen and oxygen atoms in total. The summed E-state index contributed by atoms with van der Waals surface area (Å²) in [7, 11) is 0. The number of carbonyl (C=O) groups is 1. The molecule has 0 saturated carbocycles. The van der Waals surface area contributed by atoms with Crippen LogP contribution in [0.25, 0.3) is 16.9 Å². The highest BCUT2D eigenvalue weighted by Crippen LogP contribution is 2.25. The highest BCUT2D eigenvalue weighted by molar-refractivity contribution is 7.14. The Kier molecular flexibility index (Phi) is 4.28. The smallest absolute Gasteiger partial charge is 0.257 e. The lowest BCUT2D eigenvalue weighted by Crippen LogP contribution is -2.11. The second-order valence-electron chi connectivity index (χ2n) is 5.74. The lowest BCUT2D eigenvalue weighted by atomic mass is 10.1. The number of hydrogen-bond acceptors (Lipinski definition) is 5. The summed E-state index contributed by atoms with van der Waals surface area (Å²) in [6, 6.07) is 15.3. The van der Waals surface area contributed by atoms with Gasteiger partial charge in [-0.1, -0.05) is 29.8 Å². The van der Waals surface area contributed by atoms with Gasteiger partial charge in [0.25, 0.3) is 5.91 Å². The van der Waals surface area contributed by atoms with Crippen molar-refractivity contribution >= 4 is 22.4 Å². The van der Waals surface area contributed by atoms with Crippen molar-refractivity contribution in [1.82, 2.24) is 19.7 Å². The third kappa shape index (κ3) is 3.38. The van der Waals surface area contributed by atoms with E-state index in [1.165, 1.54) is 23.2 Å². The van der Waals surface area contributed by atoms with Crippen LogP contribution in [0.5, 0.6) is 0 Å². The average Bonchev–Trinajstić information content (AvgIpc) is 3.35. The van der Waals surface area contributed by atoms with Crippen molar-refractivity contribution in [2.75, 3.05) is 5.32 Å². The first-order valence-corrected chi connectivity index (χ1v) is 8.86. The maximum Gasteiger partial charge on any atom is 0.257 e. The van der Waals surface area contributed by atoms with Crippen LogP contribution in [-0.4, -0.2) is 25.7 Å². The molecule has 0 saturated heterocycles. The Labute approximate surface area is 154 Å². The molecule has 0 atom stereocenters. The van der Waals surface area contributed by atoms with Crippen molar-refractivity contribution in [2.45, 2.75) is 6.92 Å². The molecule has 0 fully saturated rings. The number of thiazole rings is 1. The van der Waals surface area contributed by atoms with E-state index in [1.807, 2.05) is 48.7 Å². The summed E-state index contributed by atoms with van der Waals surface area (Å²) >= 11 is 1.41. The Morgan fingerprint density at radius 1 is 1.08 bits per heavy atom. The minimum atomic E-state index is -0.194. The monoisotopic (exact) mass is 361 g/mol. The zero-order chi connectivity index (χ0) is 17.9. The third-order valence-corrected chi connectivity index (χ3v) is 4.64. The molecule has 2 aromatic heterocycles. The van der Waals surface area contributed by atoms with Crippen LogP contribution in [0.15, 0.2) is 66.6 Å². The number of carbonyl (C=O) groups excluding carboxylic acids is 1. The number of amides is 1. The predicted molar refractivity (Wildman–Crippen MR) is 102 cm³/mol. The van der Waals surface area contributed by atoms with E-state index in [0.717, 1.165) is 16.9 Å². The predicted octanol–water partition coefficient (Wildman–Crippen LogP) is 3.95. The molecule has 1 amide bonds. The molecule has 0 aliphatic carbocycles. The number of aryl methyl sites for hydroxylation is 1. The fourth-order valence-corrected chi connectivity index (χ4v) is 3.18. The van der Waals surface area contributed by atoms with Crippen LogP contribution in [0.2, 0.25) is 0 Å². The second-order valence-corrected chi connectivity index (χ2v) is 6.60. The van der Waals surface area contributed by atoms with Crippen molar-refractivity contribution in [1.29, 1.82) is 0 Å². The molecular weight excluding hydrogens is 346 g/mol. The van der Waals surface area contributed by atoms with Crippen LogP contribution in [0.1, 0.15) is 15.9 Å². The molecule has 0 aliphatic heterocycles. The highest BCUT2D eigenvalue weighted by Gasteiger charge is 2.10. The van der Waals surface area contributed by atoms with Crippen molar-refractivity contribution < 1.29 is 4.79 Å². The quantitative estimate of drug-likeness (QED) is 0.597. The first-order chi connectivity index (χ1) is 12.7. The van der Waals surface area contributed by atoms with Gasteiger partial charge >= 0.3 is 0 Å². The highest BCUT2D eigenvalue weighted by atomic mass is 32.1. The Balaban J connectivity index is 1.47. The number of nitrogens with one attached hydrogen (secondary N) is 1. The zero-order valence-corrected chi connectivity index (χ0v) is 14.8. The van der Waals surface area contributed by atoms with Gasteiger partial charge in [-0.3, -0.25) is 10.1 Å². The zero-order valence-electron chi connectivity index (χ0n) is 14.0. The van der Waals surface area contributed by atoms with Crippen molar-refractivity contribution in [3.8, 4) is 16.9 Å². The van der Waals surface area contributed by atoms with E-state index in [2.05, 4.69) is 20.4 Å². The van der Waals surface area contributed by atoms with E-state index < -0.39 is 0 Å². The standard InChI is InChI=1S/C19H15N5OS/c1-13-2-4-14(5-3-13)17-10-26-19(22-17)23-18(25)15-6-8-16(9-7-15)24-12-20-11-21-24/h2-12H,1H3,(H,22,23,25). The van der Waals surface area contributed by atoms with Crippen LogP contribution >= 0.6 is 11.3 Å². The van der Waals surface area contributed by atoms with E-state index in [9.17, 15) is 4.79 Å². The molecule has 1 N–H and O–H groups in total. The van der Waals surface area contributed by atoms with Gasteiger partial charge in [0.2, 0.25) is 0 Å². The number of benzene rings is 2. The van der Waals surface area contributed by atoms with E-state index in [-0.39, 0.29) is 5.91 Å².